The Bertz CT molecular complexity index is 389. The maximum atomic E-state index is 10.00. The second kappa shape index (κ2) is 5.09. The highest BCUT2D eigenvalue weighted by Gasteiger charge is 2.28. The summed E-state index contributed by atoms with van der Waals surface area (Å²) in [7, 11) is 0. The molecular formula is C15H23NO. The second-order valence-electron chi connectivity index (χ2n) is 5.18. The van der Waals surface area contributed by atoms with Gasteiger partial charge in [-0.2, -0.15) is 0 Å². The van der Waals surface area contributed by atoms with Crippen molar-refractivity contribution in [2.24, 2.45) is 0 Å². The van der Waals surface area contributed by atoms with Gasteiger partial charge in [0.25, 0.3) is 0 Å². The van der Waals surface area contributed by atoms with E-state index in [9.17, 15) is 5.11 Å². The average molecular weight is 233 g/mol. The van der Waals surface area contributed by atoms with Crippen molar-refractivity contribution in [2.45, 2.75) is 52.1 Å². The largest absolute Gasteiger partial charge is 0.508 e. The van der Waals surface area contributed by atoms with Crippen molar-refractivity contribution in [3.8, 4) is 5.75 Å². The molecule has 0 spiro atoms. The lowest BCUT2D eigenvalue weighted by Gasteiger charge is -2.31. The van der Waals surface area contributed by atoms with Crippen LogP contribution in [0.4, 0.5) is 0 Å². The van der Waals surface area contributed by atoms with Crippen LogP contribution in [0.15, 0.2) is 18.2 Å². The predicted molar refractivity (Wildman–Crippen MR) is 71.3 cm³/mol. The van der Waals surface area contributed by atoms with Crippen LogP contribution < -0.4 is 0 Å². The summed E-state index contributed by atoms with van der Waals surface area (Å²) in [5.74, 6) is 0.435. The van der Waals surface area contributed by atoms with Gasteiger partial charge in [-0.3, -0.25) is 4.90 Å². The molecule has 0 amide bonds. The van der Waals surface area contributed by atoms with Crippen molar-refractivity contribution in [1.82, 2.24) is 4.90 Å². The first-order valence-electron chi connectivity index (χ1n) is 6.68. The molecule has 2 atom stereocenters. The van der Waals surface area contributed by atoms with Gasteiger partial charge in [0.15, 0.2) is 0 Å². The fourth-order valence-corrected chi connectivity index (χ4v) is 2.99. The maximum Gasteiger partial charge on any atom is 0.120 e. The quantitative estimate of drug-likeness (QED) is 0.861. The van der Waals surface area contributed by atoms with E-state index in [0.717, 1.165) is 12.1 Å². The lowest BCUT2D eigenvalue weighted by molar-refractivity contribution is 0.186. The van der Waals surface area contributed by atoms with Crippen molar-refractivity contribution >= 4 is 0 Å². The zero-order chi connectivity index (χ0) is 12.4. The number of hydrogen-bond acceptors (Lipinski definition) is 2. The molecule has 0 bridgehead atoms. The Kier molecular flexibility index (Phi) is 3.72. The summed E-state index contributed by atoms with van der Waals surface area (Å²) in [6, 6.07) is 6.91. The molecule has 2 nitrogen and oxygen atoms in total. The Morgan fingerprint density at radius 3 is 2.94 bits per heavy atom. The molecular weight excluding hydrogens is 210 g/mol. The molecule has 0 aromatic heterocycles. The first-order chi connectivity index (χ1) is 8.13. The number of hydrogen-bond donors (Lipinski definition) is 1. The van der Waals surface area contributed by atoms with Crippen LogP contribution in [-0.4, -0.2) is 22.6 Å². The molecule has 0 saturated carbocycles. The van der Waals surface area contributed by atoms with E-state index in [4.69, 9.17) is 0 Å². The average Bonchev–Trinajstić information content (AvgIpc) is 2.79. The van der Waals surface area contributed by atoms with Gasteiger partial charge in [-0.1, -0.05) is 24.6 Å². The molecule has 2 unspecified atom stereocenters. The van der Waals surface area contributed by atoms with E-state index in [2.05, 4.69) is 31.7 Å². The molecule has 1 aromatic carbocycles. The number of aromatic hydroxyl groups is 1. The lowest BCUT2D eigenvalue weighted by Crippen LogP contribution is -2.31. The van der Waals surface area contributed by atoms with E-state index in [-0.39, 0.29) is 0 Å². The molecule has 1 saturated heterocycles. The van der Waals surface area contributed by atoms with Crippen LogP contribution in [0.2, 0.25) is 0 Å². The molecule has 2 heteroatoms. The number of rotatable bonds is 3. The summed E-state index contributed by atoms with van der Waals surface area (Å²) in [5.41, 5.74) is 2.29. The van der Waals surface area contributed by atoms with E-state index >= 15 is 0 Å². The van der Waals surface area contributed by atoms with Crippen LogP contribution in [0.25, 0.3) is 0 Å². The summed E-state index contributed by atoms with van der Waals surface area (Å²) >= 11 is 0. The van der Waals surface area contributed by atoms with E-state index in [1.807, 2.05) is 12.1 Å². The standard InChI is InChI=1S/C15H23NO/c1-4-13-6-5-9-16(13)12(3)14-10-11(2)7-8-15(14)17/h7-8,10,12-13,17H,4-6,9H2,1-3H3. The van der Waals surface area contributed by atoms with E-state index in [1.165, 1.54) is 24.8 Å². The van der Waals surface area contributed by atoms with Crippen LogP contribution in [0.3, 0.4) is 0 Å². The van der Waals surface area contributed by atoms with Gasteiger partial charge in [0, 0.05) is 17.6 Å². The number of aryl methyl sites for hydroxylation is 1. The van der Waals surface area contributed by atoms with Crippen molar-refractivity contribution in [3.05, 3.63) is 29.3 Å². The molecule has 0 aliphatic carbocycles. The van der Waals surface area contributed by atoms with Gasteiger partial charge in [-0.15, -0.1) is 0 Å². The third-order valence-corrected chi connectivity index (χ3v) is 4.02. The first-order valence-corrected chi connectivity index (χ1v) is 6.68. The Hall–Kier alpha value is -1.02. The van der Waals surface area contributed by atoms with Crippen LogP contribution >= 0.6 is 0 Å². The van der Waals surface area contributed by atoms with E-state index < -0.39 is 0 Å². The third kappa shape index (κ3) is 2.47. The summed E-state index contributed by atoms with van der Waals surface area (Å²) < 4.78 is 0. The van der Waals surface area contributed by atoms with Crippen LogP contribution in [-0.2, 0) is 0 Å². The fraction of sp³-hybridized carbons (Fsp3) is 0.600. The predicted octanol–water partition coefficient (Wildman–Crippen LogP) is 3.64. The first kappa shape index (κ1) is 12.4. The van der Waals surface area contributed by atoms with Gasteiger partial charge in [-0.05, 0) is 45.7 Å². The Balaban J connectivity index is 2.24. The Labute approximate surface area is 104 Å². The third-order valence-electron chi connectivity index (χ3n) is 4.02. The number of phenols is 1. The molecule has 0 radical (unpaired) electrons. The van der Waals surface area contributed by atoms with E-state index in [0.29, 0.717) is 17.8 Å². The summed E-state index contributed by atoms with van der Waals surface area (Å²) in [6.45, 7) is 7.71. The smallest absolute Gasteiger partial charge is 0.120 e. The number of benzene rings is 1. The molecule has 17 heavy (non-hydrogen) atoms. The molecule has 1 aliphatic heterocycles. The van der Waals surface area contributed by atoms with Gasteiger partial charge in [-0.25, -0.2) is 0 Å². The lowest BCUT2D eigenvalue weighted by atomic mass is 10.0. The van der Waals surface area contributed by atoms with Gasteiger partial charge >= 0.3 is 0 Å². The minimum Gasteiger partial charge on any atom is -0.508 e. The van der Waals surface area contributed by atoms with Crippen molar-refractivity contribution < 1.29 is 5.11 Å². The summed E-state index contributed by atoms with van der Waals surface area (Å²) in [4.78, 5) is 2.54. The minimum atomic E-state index is 0.322. The zero-order valence-electron chi connectivity index (χ0n) is 11.1. The Morgan fingerprint density at radius 2 is 2.24 bits per heavy atom. The summed E-state index contributed by atoms with van der Waals surface area (Å²) in [6.07, 6.45) is 3.79. The van der Waals surface area contributed by atoms with Crippen LogP contribution in [0.1, 0.15) is 50.3 Å². The molecule has 1 fully saturated rings. The Morgan fingerprint density at radius 1 is 1.47 bits per heavy atom. The highest BCUT2D eigenvalue weighted by molar-refractivity contribution is 5.37. The topological polar surface area (TPSA) is 23.5 Å². The van der Waals surface area contributed by atoms with Crippen molar-refractivity contribution in [3.63, 3.8) is 0 Å². The number of phenolic OH excluding ortho intramolecular Hbond substituents is 1. The molecule has 1 aliphatic rings. The normalized spacial score (nSPS) is 22.9. The van der Waals surface area contributed by atoms with Crippen molar-refractivity contribution in [1.29, 1.82) is 0 Å². The molecule has 2 rings (SSSR count). The zero-order valence-corrected chi connectivity index (χ0v) is 11.1. The highest BCUT2D eigenvalue weighted by atomic mass is 16.3. The molecule has 1 N–H and O–H groups in total. The maximum absolute atomic E-state index is 10.00. The molecule has 94 valence electrons. The highest BCUT2D eigenvalue weighted by Crippen LogP contribution is 2.34. The van der Waals surface area contributed by atoms with Crippen LogP contribution in [0, 0.1) is 6.92 Å². The molecule has 1 heterocycles. The fourth-order valence-electron chi connectivity index (χ4n) is 2.99. The second-order valence-corrected chi connectivity index (χ2v) is 5.18. The number of nitrogens with zero attached hydrogens (tertiary/aromatic N) is 1. The van der Waals surface area contributed by atoms with Gasteiger partial charge in [0.05, 0.1) is 0 Å². The monoisotopic (exact) mass is 233 g/mol. The summed E-state index contributed by atoms with van der Waals surface area (Å²) in [5, 5.41) is 10.00. The van der Waals surface area contributed by atoms with Crippen molar-refractivity contribution in [2.75, 3.05) is 6.54 Å². The van der Waals surface area contributed by atoms with Gasteiger partial charge < -0.3 is 5.11 Å². The van der Waals surface area contributed by atoms with Gasteiger partial charge in [0.1, 0.15) is 5.75 Å². The SMILES string of the molecule is CCC1CCCN1C(C)c1cc(C)ccc1O. The molecule has 1 aromatic rings. The number of likely N-dealkylation sites (tertiary alicyclic amines) is 1. The minimum absolute atomic E-state index is 0.322. The van der Waals surface area contributed by atoms with Gasteiger partial charge in [0.2, 0.25) is 0 Å². The van der Waals surface area contributed by atoms with Crippen LogP contribution in [0.5, 0.6) is 5.75 Å². The van der Waals surface area contributed by atoms with E-state index in [1.54, 1.807) is 0 Å².